The highest BCUT2D eigenvalue weighted by Crippen LogP contribution is 2.51. The minimum atomic E-state index is -0.636. The first-order valence-corrected chi connectivity index (χ1v) is 5.61. The number of hydrogen-bond acceptors (Lipinski definition) is 2. The normalized spacial score (nSPS) is 48.1. The topological polar surface area (TPSA) is 49.4 Å². The Labute approximate surface area is 89.0 Å². The minimum Gasteiger partial charge on any atom is -0.340 e. The maximum Gasteiger partial charge on any atom is 0.248 e. The lowest BCUT2D eigenvalue weighted by molar-refractivity contribution is -0.173. The van der Waals surface area contributed by atoms with Crippen molar-refractivity contribution in [1.82, 2.24) is 10.2 Å². The fraction of sp³-hybridized carbons (Fsp3) is 0.818. The van der Waals surface area contributed by atoms with Gasteiger partial charge in [0.2, 0.25) is 11.8 Å². The number of amides is 2. The van der Waals surface area contributed by atoms with E-state index in [1.807, 2.05) is 6.92 Å². The quantitative estimate of drug-likeness (QED) is 0.621. The summed E-state index contributed by atoms with van der Waals surface area (Å²) in [5.41, 5.74) is -1.14. The first-order valence-electron chi connectivity index (χ1n) is 5.61. The van der Waals surface area contributed by atoms with Gasteiger partial charge < -0.3 is 10.2 Å². The van der Waals surface area contributed by atoms with E-state index < -0.39 is 11.1 Å². The van der Waals surface area contributed by atoms with E-state index in [0.29, 0.717) is 5.92 Å². The number of likely N-dealkylation sites (N-methyl/N-ethyl adjacent to an activating group) is 1. The molecule has 1 spiro atoms. The van der Waals surface area contributed by atoms with Crippen LogP contribution in [0, 0.1) is 5.92 Å². The Morgan fingerprint density at radius 2 is 2.20 bits per heavy atom. The highest BCUT2D eigenvalue weighted by atomic mass is 16.2. The molecule has 0 radical (unpaired) electrons. The molecule has 4 rings (SSSR count). The molecule has 1 saturated carbocycles. The minimum absolute atomic E-state index is 0.0702. The Kier molecular flexibility index (Phi) is 1.45. The molecule has 4 heteroatoms. The van der Waals surface area contributed by atoms with Crippen LogP contribution >= 0.6 is 0 Å². The van der Waals surface area contributed by atoms with Crippen molar-refractivity contribution >= 4 is 11.8 Å². The molecule has 15 heavy (non-hydrogen) atoms. The van der Waals surface area contributed by atoms with Crippen LogP contribution in [0.2, 0.25) is 0 Å². The number of carbonyl (C=O) groups is 2. The summed E-state index contributed by atoms with van der Waals surface area (Å²) in [6, 6.07) is 0. The van der Waals surface area contributed by atoms with Gasteiger partial charge in [0.05, 0.1) is 0 Å². The molecule has 3 atom stereocenters. The smallest absolute Gasteiger partial charge is 0.248 e. The summed E-state index contributed by atoms with van der Waals surface area (Å²) in [6.07, 6.45) is 3.80. The summed E-state index contributed by atoms with van der Waals surface area (Å²) in [7, 11) is 1.79. The fourth-order valence-electron chi connectivity index (χ4n) is 3.82. The zero-order chi connectivity index (χ0) is 10.8. The van der Waals surface area contributed by atoms with E-state index in [1.165, 1.54) is 0 Å². The second-order valence-corrected chi connectivity index (χ2v) is 5.37. The van der Waals surface area contributed by atoms with Crippen LogP contribution in [0.4, 0.5) is 0 Å². The third-order valence-electron chi connectivity index (χ3n) is 4.60. The van der Waals surface area contributed by atoms with Gasteiger partial charge in [-0.3, -0.25) is 9.59 Å². The zero-order valence-electron chi connectivity index (χ0n) is 9.17. The van der Waals surface area contributed by atoms with Gasteiger partial charge in [0, 0.05) is 7.05 Å². The Balaban J connectivity index is 2.16. The largest absolute Gasteiger partial charge is 0.340 e. The van der Waals surface area contributed by atoms with Crippen LogP contribution in [0.3, 0.4) is 0 Å². The lowest BCUT2D eigenvalue weighted by atomic mass is 9.67. The number of nitrogens with one attached hydrogen (secondary N) is 1. The van der Waals surface area contributed by atoms with Crippen LogP contribution in [-0.2, 0) is 9.59 Å². The number of piperazine rings is 1. The fourth-order valence-corrected chi connectivity index (χ4v) is 3.82. The van der Waals surface area contributed by atoms with Gasteiger partial charge in [0.1, 0.15) is 11.1 Å². The highest BCUT2D eigenvalue weighted by Gasteiger charge is 2.66. The molecule has 0 unspecified atom stereocenters. The van der Waals surface area contributed by atoms with Crippen molar-refractivity contribution in [2.24, 2.45) is 5.92 Å². The van der Waals surface area contributed by atoms with Gasteiger partial charge in [-0.1, -0.05) is 6.42 Å². The van der Waals surface area contributed by atoms with Gasteiger partial charge in [-0.25, -0.2) is 0 Å². The molecule has 3 heterocycles. The van der Waals surface area contributed by atoms with E-state index in [-0.39, 0.29) is 11.8 Å². The van der Waals surface area contributed by atoms with Crippen LogP contribution in [0.1, 0.15) is 32.6 Å². The second-order valence-electron chi connectivity index (χ2n) is 5.37. The van der Waals surface area contributed by atoms with Crippen molar-refractivity contribution in [3.63, 3.8) is 0 Å². The SMILES string of the molecule is CN1C(=O)[C@@]2(C)C[C@H]3CCC[C@]31C(=O)N2. The Morgan fingerprint density at radius 1 is 1.47 bits per heavy atom. The van der Waals surface area contributed by atoms with Gasteiger partial charge in [-0.15, -0.1) is 0 Å². The standard InChI is InChI=1S/C11H16N2O2/c1-10-6-7-4-3-5-11(7,8(14)12-10)13(2)9(10)15/h7H,3-6H2,1-2H3,(H,12,14)/t7-,10-,11-/m1/s1. The third-order valence-corrected chi connectivity index (χ3v) is 4.60. The molecule has 4 fully saturated rings. The number of hydrogen-bond donors (Lipinski definition) is 1. The molecular weight excluding hydrogens is 192 g/mol. The van der Waals surface area contributed by atoms with Crippen LogP contribution in [-0.4, -0.2) is 34.8 Å². The van der Waals surface area contributed by atoms with Crippen molar-refractivity contribution in [3.05, 3.63) is 0 Å². The first kappa shape index (κ1) is 9.19. The van der Waals surface area contributed by atoms with E-state index in [1.54, 1.807) is 11.9 Å². The lowest BCUT2D eigenvalue weighted by Crippen LogP contribution is -2.80. The number of carbonyl (C=O) groups excluding carboxylic acids is 2. The first-order chi connectivity index (χ1) is 7.01. The summed E-state index contributed by atoms with van der Waals surface area (Å²) < 4.78 is 0. The van der Waals surface area contributed by atoms with Gasteiger partial charge in [-0.05, 0) is 32.1 Å². The maximum atomic E-state index is 12.1. The van der Waals surface area contributed by atoms with E-state index >= 15 is 0 Å². The summed E-state index contributed by atoms with van der Waals surface area (Å²) >= 11 is 0. The van der Waals surface area contributed by atoms with Gasteiger partial charge in [-0.2, -0.15) is 0 Å². The summed E-state index contributed by atoms with van der Waals surface area (Å²) in [5.74, 6) is 0.528. The van der Waals surface area contributed by atoms with Crippen LogP contribution in [0.25, 0.3) is 0 Å². The van der Waals surface area contributed by atoms with Crippen LogP contribution in [0.15, 0.2) is 0 Å². The van der Waals surface area contributed by atoms with Crippen LogP contribution < -0.4 is 5.32 Å². The number of piperidine rings is 2. The van der Waals surface area contributed by atoms with Gasteiger partial charge in [0.25, 0.3) is 0 Å². The van der Waals surface area contributed by atoms with Crippen molar-refractivity contribution in [3.8, 4) is 0 Å². The summed E-state index contributed by atoms with van der Waals surface area (Å²) in [6.45, 7) is 1.85. The molecule has 82 valence electrons. The van der Waals surface area contributed by atoms with Gasteiger partial charge >= 0.3 is 0 Å². The monoisotopic (exact) mass is 208 g/mol. The molecule has 1 aliphatic carbocycles. The molecule has 2 amide bonds. The van der Waals surface area contributed by atoms with E-state index in [9.17, 15) is 9.59 Å². The lowest BCUT2D eigenvalue weighted by Gasteiger charge is -2.57. The van der Waals surface area contributed by atoms with E-state index in [2.05, 4.69) is 5.32 Å². The molecule has 1 N–H and O–H groups in total. The Bertz CT molecular complexity index is 368. The van der Waals surface area contributed by atoms with Crippen molar-refractivity contribution in [2.75, 3.05) is 7.05 Å². The number of nitrogens with zero attached hydrogens (tertiary/aromatic N) is 1. The Hall–Kier alpha value is -1.06. The average Bonchev–Trinajstić information content (AvgIpc) is 2.58. The third kappa shape index (κ3) is 0.802. The summed E-state index contributed by atoms with van der Waals surface area (Å²) in [5, 5.41) is 2.90. The number of rotatable bonds is 0. The molecule has 0 aromatic rings. The predicted molar refractivity (Wildman–Crippen MR) is 54.0 cm³/mol. The maximum absolute atomic E-state index is 12.1. The molecule has 2 bridgehead atoms. The summed E-state index contributed by atoms with van der Waals surface area (Å²) in [4.78, 5) is 25.9. The molecule has 3 aliphatic heterocycles. The molecular formula is C11H16N2O2. The van der Waals surface area contributed by atoms with E-state index in [4.69, 9.17) is 0 Å². The second kappa shape index (κ2) is 2.36. The van der Waals surface area contributed by atoms with Crippen LogP contribution in [0.5, 0.6) is 0 Å². The highest BCUT2D eigenvalue weighted by molar-refractivity contribution is 6.04. The molecule has 3 saturated heterocycles. The number of fused-ring (bicyclic) bond motifs is 2. The van der Waals surface area contributed by atoms with Gasteiger partial charge in [0.15, 0.2) is 0 Å². The molecule has 0 aromatic heterocycles. The van der Waals surface area contributed by atoms with E-state index in [0.717, 1.165) is 25.7 Å². The predicted octanol–water partition coefficient (Wildman–Crippen LogP) is 0.276. The molecule has 4 nitrogen and oxygen atoms in total. The van der Waals surface area contributed by atoms with Crippen molar-refractivity contribution in [1.29, 1.82) is 0 Å². The molecule has 0 aromatic carbocycles. The zero-order valence-corrected chi connectivity index (χ0v) is 9.17. The van der Waals surface area contributed by atoms with Crippen molar-refractivity contribution < 1.29 is 9.59 Å². The Morgan fingerprint density at radius 3 is 2.93 bits per heavy atom. The molecule has 4 aliphatic rings. The van der Waals surface area contributed by atoms with Crippen molar-refractivity contribution in [2.45, 2.75) is 43.7 Å². The average molecular weight is 208 g/mol.